The van der Waals surface area contributed by atoms with Crippen LogP contribution in [0.4, 0.5) is 5.13 Å². The van der Waals surface area contributed by atoms with Gasteiger partial charge in [0, 0.05) is 27.2 Å². The minimum atomic E-state index is -0.156. The number of aromatic nitrogens is 1. The van der Waals surface area contributed by atoms with E-state index in [9.17, 15) is 4.79 Å². The number of benzene rings is 1. The molecule has 0 aliphatic carbocycles. The van der Waals surface area contributed by atoms with Gasteiger partial charge in [0.2, 0.25) is 5.91 Å². The van der Waals surface area contributed by atoms with Crippen molar-refractivity contribution in [2.45, 2.75) is 6.92 Å². The van der Waals surface area contributed by atoms with E-state index in [0.29, 0.717) is 5.13 Å². The topological polar surface area (TPSA) is 42.0 Å². The van der Waals surface area contributed by atoms with Crippen LogP contribution >= 0.6 is 22.7 Å². The van der Waals surface area contributed by atoms with Crippen molar-refractivity contribution in [3.05, 3.63) is 52.4 Å². The van der Waals surface area contributed by atoms with Crippen molar-refractivity contribution in [2.24, 2.45) is 0 Å². The number of nitrogens with zero attached hydrogens (tertiary/aromatic N) is 1. The van der Waals surface area contributed by atoms with Gasteiger partial charge < -0.3 is 0 Å². The molecule has 2 aromatic heterocycles. The summed E-state index contributed by atoms with van der Waals surface area (Å²) in [5, 5.41) is 6.43. The fraction of sp³-hybridized carbons (Fsp3) is 0.0667. The first-order valence-corrected chi connectivity index (χ1v) is 7.80. The van der Waals surface area contributed by atoms with Crippen LogP contribution in [0.5, 0.6) is 0 Å². The van der Waals surface area contributed by atoms with Gasteiger partial charge in [0.15, 0.2) is 5.13 Å². The Labute approximate surface area is 124 Å². The molecule has 0 fully saturated rings. The fourth-order valence-corrected chi connectivity index (χ4v) is 3.58. The first-order valence-electron chi connectivity index (χ1n) is 6.11. The molecule has 0 saturated heterocycles. The largest absolute Gasteiger partial charge is 0.298 e. The normalized spacial score (nSPS) is 11.2. The van der Waals surface area contributed by atoms with Crippen LogP contribution in [0.2, 0.25) is 0 Å². The van der Waals surface area contributed by atoms with Gasteiger partial charge in [-0.2, -0.15) is 0 Å². The van der Waals surface area contributed by atoms with Crippen LogP contribution in [0, 0.1) is 6.92 Å². The summed E-state index contributed by atoms with van der Waals surface area (Å²) in [5.74, 6) is -0.156. The predicted molar refractivity (Wildman–Crippen MR) is 86.3 cm³/mol. The highest BCUT2D eigenvalue weighted by atomic mass is 32.1. The lowest BCUT2D eigenvalue weighted by Crippen LogP contribution is -2.06. The van der Waals surface area contributed by atoms with Crippen molar-refractivity contribution in [2.75, 3.05) is 5.32 Å². The third-order valence-corrected chi connectivity index (χ3v) is 4.86. The van der Waals surface area contributed by atoms with Gasteiger partial charge in [-0.05, 0) is 30.0 Å². The van der Waals surface area contributed by atoms with Crippen molar-refractivity contribution in [1.82, 2.24) is 4.98 Å². The molecule has 0 unspecified atom stereocenters. The molecule has 0 saturated carbocycles. The summed E-state index contributed by atoms with van der Waals surface area (Å²) in [4.78, 5) is 16.9. The molecule has 3 rings (SSSR count). The maximum absolute atomic E-state index is 11.8. The number of carbonyl (C=O) groups excluding carboxylic acids is 1. The average molecular weight is 300 g/mol. The minimum absolute atomic E-state index is 0.156. The van der Waals surface area contributed by atoms with Crippen molar-refractivity contribution in [3.63, 3.8) is 0 Å². The maximum atomic E-state index is 11.8. The number of carbonyl (C=O) groups is 1. The Morgan fingerprint density at radius 3 is 2.95 bits per heavy atom. The Balaban J connectivity index is 1.80. The molecule has 3 aromatic rings. The molecule has 1 N–H and O–H groups in total. The first-order chi connectivity index (χ1) is 9.74. The highest BCUT2D eigenvalue weighted by Crippen LogP contribution is 2.31. The van der Waals surface area contributed by atoms with Crippen LogP contribution in [0.25, 0.3) is 16.2 Å². The van der Waals surface area contributed by atoms with Crippen molar-refractivity contribution >= 4 is 49.9 Å². The summed E-state index contributed by atoms with van der Waals surface area (Å²) >= 11 is 3.10. The molecule has 5 heteroatoms. The van der Waals surface area contributed by atoms with E-state index in [4.69, 9.17) is 0 Å². The van der Waals surface area contributed by atoms with E-state index in [0.717, 1.165) is 4.88 Å². The van der Waals surface area contributed by atoms with Crippen LogP contribution in [0.1, 0.15) is 10.4 Å². The second-order valence-electron chi connectivity index (χ2n) is 4.25. The molecular formula is C15H12N2OS2. The Bertz CT molecular complexity index is 772. The van der Waals surface area contributed by atoms with Crippen LogP contribution < -0.4 is 5.32 Å². The number of anilines is 1. The van der Waals surface area contributed by atoms with Gasteiger partial charge in [-0.1, -0.05) is 18.2 Å². The standard InChI is InChI=1S/C15H12N2OS2/c1-10-11-4-2-3-5-13(11)20-12(10)6-7-14(18)17-15-16-8-9-19-15/h2-9H,1H3,(H,16,17,18)/b7-6-. The number of aryl methyl sites for hydroxylation is 1. The molecule has 2 heterocycles. The zero-order chi connectivity index (χ0) is 13.9. The van der Waals surface area contributed by atoms with E-state index >= 15 is 0 Å². The summed E-state index contributed by atoms with van der Waals surface area (Å²) in [7, 11) is 0. The number of thiazole rings is 1. The Hall–Kier alpha value is -1.98. The number of nitrogens with one attached hydrogen (secondary N) is 1. The number of hydrogen-bond donors (Lipinski definition) is 1. The molecule has 100 valence electrons. The summed E-state index contributed by atoms with van der Waals surface area (Å²) in [5.41, 5.74) is 1.21. The third kappa shape index (κ3) is 2.64. The van der Waals surface area contributed by atoms with Crippen molar-refractivity contribution in [3.8, 4) is 0 Å². The molecular weight excluding hydrogens is 288 g/mol. The Kier molecular flexibility index (Phi) is 3.62. The second kappa shape index (κ2) is 5.56. The molecule has 0 spiro atoms. The van der Waals surface area contributed by atoms with Crippen molar-refractivity contribution < 1.29 is 4.79 Å². The molecule has 0 bridgehead atoms. The Morgan fingerprint density at radius 2 is 2.20 bits per heavy atom. The highest BCUT2D eigenvalue weighted by molar-refractivity contribution is 7.20. The SMILES string of the molecule is Cc1c(/C=C\C(=O)Nc2nccs2)sc2ccccc12. The molecule has 0 aliphatic heterocycles. The van der Waals surface area contributed by atoms with Gasteiger partial charge in [-0.3, -0.25) is 10.1 Å². The highest BCUT2D eigenvalue weighted by Gasteiger charge is 2.06. The van der Waals surface area contributed by atoms with E-state index in [1.165, 1.54) is 27.0 Å². The summed E-state index contributed by atoms with van der Waals surface area (Å²) in [6, 6.07) is 8.26. The predicted octanol–water partition coefficient (Wildman–Crippen LogP) is 4.32. The Morgan fingerprint density at radius 1 is 1.35 bits per heavy atom. The smallest absolute Gasteiger partial charge is 0.250 e. The lowest BCUT2D eigenvalue weighted by atomic mass is 10.1. The van der Waals surface area contributed by atoms with E-state index < -0.39 is 0 Å². The maximum Gasteiger partial charge on any atom is 0.250 e. The molecule has 0 atom stereocenters. The van der Waals surface area contributed by atoms with Crippen LogP contribution in [-0.4, -0.2) is 10.9 Å². The van der Waals surface area contributed by atoms with Crippen molar-refractivity contribution in [1.29, 1.82) is 0 Å². The van der Waals surface area contributed by atoms with Gasteiger partial charge >= 0.3 is 0 Å². The second-order valence-corrected chi connectivity index (χ2v) is 6.23. The van der Waals surface area contributed by atoms with E-state index in [1.807, 2.05) is 23.6 Å². The van der Waals surface area contributed by atoms with E-state index in [2.05, 4.69) is 29.4 Å². The molecule has 1 amide bonds. The summed E-state index contributed by atoms with van der Waals surface area (Å²) in [6.45, 7) is 2.08. The summed E-state index contributed by atoms with van der Waals surface area (Å²) in [6.07, 6.45) is 5.09. The van der Waals surface area contributed by atoms with Crippen LogP contribution in [0.15, 0.2) is 41.9 Å². The van der Waals surface area contributed by atoms with Gasteiger partial charge in [0.25, 0.3) is 0 Å². The fourth-order valence-electron chi connectivity index (χ4n) is 1.94. The number of rotatable bonds is 3. The zero-order valence-corrected chi connectivity index (χ0v) is 12.4. The van der Waals surface area contributed by atoms with E-state index in [-0.39, 0.29) is 5.91 Å². The van der Waals surface area contributed by atoms with Crippen LogP contribution in [0.3, 0.4) is 0 Å². The van der Waals surface area contributed by atoms with Gasteiger partial charge in [0.1, 0.15) is 0 Å². The number of amides is 1. The molecule has 0 radical (unpaired) electrons. The average Bonchev–Trinajstić information content (AvgIpc) is 3.06. The number of fused-ring (bicyclic) bond motifs is 1. The van der Waals surface area contributed by atoms with Gasteiger partial charge in [0.05, 0.1) is 0 Å². The number of thiophene rings is 1. The lowest BCUT2D eigenvalue weighted by Gasteiger charge is -1.95. The zero-order valence-electron chi connectivity index (χ0n) is 10.8. The minimum Gasteiger partial charge on any atom is -0.298 e. The first kappa shape index (κ1) is 13.0. The lowest BCUT2D eigenvalue weighted by molar-refractivity contribution is -0.111. The monoisotopic (exact) mass is 300 g/mol. The summed E-state index contributed by atoms with van der Waals surface area (Å²) < 4.78 is 1.24. The quantitative estimate of drug-likeness (QED) is 0.732. The number of hydrogen-bond acceptors (Lipinski definition) is 4. The third-order valence-electron chi connectivity index (χ3n) is 2.93. The van der Waals surface area contributed by atoms with E-state index in [1.54, 1.807) is 23.6 Å². The van der Waals surface area contributed by atoms with Gasteiger partial charge in [-0.25, -0.2) is 4.98 Å². The molecule has 0 aliphatic rings. The van der Waals surface area contributed by atoms with Crippen LogP contribution in [-0.2, 0) is 4.79 Å². The molecule has 20 heavy (non-hydrogen) atoms. The molecule has 3 nitrogen and oxygen atoms in total. The van der Waals surface area contributed by atoms with Gasteiger partial charge in [-0.15, -0.1) is 22.7 Å². The molecule has 1 aromatic carbocycles.